The minimum Gasteiger partial charge on any atom is -0.494 e. The number of amides is 2. The van der Waals surface area contributed by atoms with Crippen LogP contribution in [0.2, 0.25) is 0 Å². The highest BCUT2D eigenvalue weighted by Gasteiger charge is 2.13. The third-order valence-electron chi connectivity index (χ3n) is 5.36. The summed E-state index contributed by atoms with van der Waals surface area (Å²) < 4.78 is 7.29. The summed E-state index contributed by atoms with van der Waals surface area (Å²) in [7, 11) is 0. The monoisotopic (exact) mass is 450 g/mol. The van der Waals surface area contributed by atoms with Crippen molar-refractivity contribution in [2.24, 2.45) is 0 Å². The minimum absolute atomic E-state index is 0.151. The van der Waals surface area contributed by atoms with Gasteiger partial charge in [0, 0.05) is 17.7 Å². The van der Waals surface area contributed by atoms with Gasteiger partial charge in [0.2, 0.25) is 0 Å². The molecule has 2 amide bonds. The number of carbonyl (C=O) groups excluding carboxylic acids is 2. The Kier molecular flexibility index (Phi) is 8.18. The van der Waals surface area contributed by atoms with Crippen molar-refractivity contribution in [3.63, 3.8) is 0 Å². The van der Waals surface area contributed by atoms with E-state index in [4.69, 9.17) is 4.74 Å². The number of carbonyl (C=O) groups is 2. The van der Waals surface area contributed by atoms with E-state index in [-0.39, 0.29) is 5.56 Å². The fourth-order valence-electron chi connectivity index (χ4n) is 3.51. The lowest BCUT2D eigenvalue weighted by atomic mass is 10.1. The first-order valence-corrected chi connectivity index (χ1v) is 11.3. The van der Waals surface area contributed by atoms with Crippen LogP contribution in [0.4, 0.5) is 0 Å². The van der Waals surface area contributed by atoms with Crippen LogP contribution < -0.4 is 21.1 Å². The van der Waals surface area contributed by atoms with Crippen molar-refractivity contribution in [1.29, 1.82) is 0 Å². The molecule has 1 aromatic heterocycles. The van der Waals surface area contributed by atoms with Gasteiger partial charge in [-0.2, -0.15) is 0 Å². The van der Waals surface area contributed by atoms with E-state index in [0.717, 1.165) is 12.8 Å². The van der Waals surface area contributed by atoms with Crippen molar-refractivity contribution in [1.82, 2.24) is 20.4 Å². The Morgan fingerprint density at radius 2 is 1.61 bits per heavy atom. The zero-order valence-corrected chi connectivity index (χ0v) is 19.3. The fourth-order valence-corrected chi connectivity index (χ4v) is 3.51. The summed E-state index contributed by atoms with van der Waals surface area (Å²) in [5, 5.41) is 0. The third-order valence-corrected chi connectivity index (χ3v) is 5.36. The Labute approximate surface area is 193 Å². The highest BCUT2D eigenvalue weighted by Crippen LogP contribution is 2.15. The molecule has 0 spiro atoms. The van der Waals surface area contributed by atoms with Crippen LogP contribution in [0.1, 0.15) is 65.9 Å². The van der Waals surface area contributed by atoms with Gasteiger partial charge in [0.1, 0.15) is 11.4 Å². The quantitative estimate of drug-likeness (QED) is 0.382. The molecule has 0 aliphatic carbocycles. The predicted octanol–water partition coefficient (Wildman–Crippen LogP) is 3.76. The van der Waals surface area contributed by atoms with E-state index in [0.29, 0.717) is 46.8 Å². The molecule has 0 aliphatic heterocycles. The van der Waals surface area contributed by atoms with E-state index < -0.39 is 11.8 Å². The van der Waals surface area contributed by atoms with E-state index in [2.05, 4.69) is 22.8 Å². The predicted molar refractivity (Wildman–Crippen MR) is 127 cm³/mol. The van der Waals surface area contributed by atoms with Crippen LogP contribution in [0, 0.1) is 6.92 Å². The maximum atomic E-state index is 12.5. The smallest absolute Gasteiger partial charge is 0.272 e. The van der Waals surface area contributed by atoms with Gasteiger partial charge >= 0.3 is 0 Å². The second-order valence-corrected chi connectivity index (χ2v) is 7.79. The maximum absolute atomic E-state index is 12.5. The van der Waals surface area contributed by atoms with Crippen LogP contribution in [0.5, 0.6) is 5.75 Å². The summed E-state index contributed by atoms with van der Waals surface area (Å²) in [6, 6.07) is 11.7. The number of benzene rings is 2. The first-order valence-electron chi connectivity index (χ1n) is 11.3. The van der Waals surface area contributed by atoms with Crippen molar-refractivity contribution in [2.45, 2.75) is 53.0 Å². The molecule has 0 atom stereocenters. The topological polar surface area (TPSA) is 102 Å². The molecule has 0 saturated carbocycles. The molecule has 3 aromatic rings. The molecule has 1 heterocycles. The lowest BCUT2D eigenvalue weighted by Crippen LogP contribution is -2.41. The van der Waals surface area contributed by atoms with E-state index in [1.165, 1.54) is 12.8 Å². The Balaban J connectivity index is 1.59. The molecular formula is C25H30N4O4. The Hall–Kier alpha value is -3.68. The van der Waals surface area contributed by atoms with E-state index in [9.17, 15) is 14.4 Å². The summed E-state index contributed by atoms with van der Waals surface area (Å²) in [5.41, 5.74) is 6.97. The van der Waals surface area contributed by atoms with Gasteiger partial charge < -0.3 is 9.30 Å². The minimum atomic E-state index is -0.481. The molecule has 33 heavy (non-hydrogen) atoms. The first-order chi connectivity index (χ1) is 15.9. The summed E-state index contributed by atoms with van der Waals surface area (Å²) in [6.07, 6.45) is 4.52. The standard InChI is InChI=1S/C25H30N4O4/c1-4-6-7-8-15-33-20-12-9-18(10-13-20)23(30)27-28-24(31)19-11-14-22-21(16-19)26-17(3)25(32)29(22)5-2/h9-14,16H,4-8,15H2,1-3H3,(H,27,30)(H,28,31). The SMILES string of the molecule is CCCCCCOc1ccc(C(=O)NNC(=O)c2ccc3c(c2)nc(C)c(=O)n3CC)cc1. The maximum Gasteiger partial charge on any atom is 0.272 e. The Morgan fingerprint density at radius 1 is 0.939 bits per heavy atom. The molecule has 0 fully saturated rings. The van der Waals surface area contributed by atoms with Crippen molar-refractivity contribution in [3.8, 4) is 5.75 Å². The van der Waals surface area contributed by atoms with E-state index >= 15 is 0 Å². The second-order valence-electron chi connectivity index (χ2n) is 7.79. The number of ether oxygens (including phenoxy) is 1. The second kappa shape index (κ2) is 11.3. The van der Waals surface area contributed by atoms with Crippen LogP contribution in [0.15, 0.2) is 47.3 Å². The van der Waals surface area contributed by atoms with Gasteiger partial charge in [-0.15, -0.1) is 0 Å². The molecule has 0 unspecified atom stereocenters. The molecule has 8 heteroatoms. The number of fused-ring (bicyclic) bond motifs is 1. The third kappa shape index (κ3) is 5.97. The molecule has 8 nitrogen and oxygen atoms in total. The molecule has 174 valence electrons. The molecule has 2 N–H and O–H groups in total. The molecule has 3 rings (SSSR count). The van der Waals surface area contributed by atoms with Gasteiger partial charge in [-0.25, -0.2) is 4.98 Å². The Morgan fingerprint density at radius 3 is 2.27 bits per heavy atom. The van der Waals surface area contributed by atoms with Crippen molar-refractivity contribution in [2.75, 3.05) is 6.61 Å². The summed E-state index contributed by atoms with van der Waals surface area (Å²) in [6.45, 7) is 6.84. The largest absolute Gasteiger partial charge is 0.494 e. The summed E-state index contributed by atoms with van der Waals surface area (Å²) in [5.74, 6) is -0.213. The highest BCUT2D eigenvalue weighted by atomic mass is 16.5. The number of hydrazine groups is 1. The van der Waals surface area contributed by atoms with E-state index in [1.54, 1.807) is 54.0 Å². The molecule has 0 aliphatic rings. The number of nitrogens with one attached hydrogen (secondary N) is 2. The number of nitrogens with zero attached hydrogens (tertiary/aromatic N) is 2. The van der Waals surface area contributed by atoms with Crippen LogP contribution in [-0.4, -0.2) is 28.0 Å². The number of aromatic nitrogens is 2. The van der Waals surface area contributed by atoms with Crippen LogP contribution in [0.3, 0.4) is 0 Å². The normalized spacial score (nSPS) is 10.8. The summed E-state index contributed by atoms with van der Waals surface area (Å²) in [4.78, 5) is 41.4. The summed E-state index contributed by atoms with van der Waals surface area (Å²) >= 11 is 0. The molecular weight excluding hydrogens is 420 g/mol. The van der Waals surface area contributed by atoms with Crippen molar-refractivity contribution in [3.05, 3.63) is 69.6 Å². The average molecular weight is 451 g/mol. The average Bonchev–Trinajstić information content (AvgIpc) is 2.83. The number of rotatable bonds is 9. The lowest BCUT2D eigenvalue weighted by molar-refractivity contribution is 0.0846. The van der Waals surface area contributed by atoms with Crippen LogP contribution in [-0.2, 0) is 6.54 Å². The zero-order chi connectivity index (χ0) is 23.8. The van der Waals surface area contributed by atoms with Gasteiger partial charge in [0.15, 0.2) is 0 Å². The molecule has 0 bridgehead atoms. The van der Waals surface area contributed by atoms with Crippen LogP contribution in [0.25, 0.3) is 11.0 Å². The van der Waals surface area contributed by atoms with Gasteiger partial charge in [0.05, 0.1) is 17.6 Å². The van der Waals surface area contributed by atoms with Crippen molar-refractivity contribution >= 4 is 22.8 Å². The van der Waals surface area contributed by atoms with E-state index in [1.807, 2.05) is 6.92 Å². The zero-order valence-electron chi connectivity index (χ0n) is 19.3. The van der Waals surface area contributed by atoms with Gasteiger partial charge in [-0.3, -0.25) is 25.2 Å². The number of hydrogen-bond donors (Lipinski definition) is 2. The highest BCUT2D eigenvalue weighted by molar-refractivity contribution is 6.00. The number of aryl methyl sites for hydroxylation is 2. The lowest BCUT2D eigenvalue weighted by Gasteiger charge is -2.11. The van der Waals surface area contributed by atoms with Gasteiger partial charge in [0.25, 0.3) is 17.4 Å². The Bertz CT molecular complexity index is 1190. The number of unbranched alkanes of at least 4 members (excludes halogenated alkanes) is 3. The van der Waals surface area contributed by atoms with Gasteiger partial charge in [-0.1, -0.05) is 26.2 Å². The van der Waals surface area contributed by atoms with Gasteiger partial charge in [-0.05, 0) is 62.7 Å². The van der Waals surface area contributed by atoms with Crippen molar-refractivity contribution < 1.29 is 14.3 Å². The fraction of sp³-hybridized carbons (Fsp3) is 0.360. The van der Waals surface area contributed by atoms with Crippen LogP contribution >= 0.6 is 0 Å². The molecule has 0 radical (unpaired) electrons. The number of hydrogen-bond acceptors (Lipinski definition) is 5. The first kappa shape index (κ1) is 24.0. The molecule has 0 saturated heterocycles. The molecule has 2 aromatic carbocycles.